The number of ether oxygens (including phenoxy) is 2. The van der Waals surface area contributed by atoms with Crippen LogP contribution in [0.15, 0.2) is 133 Å². The third kappa shape index (κ3) is 10.5. The number of carboxylic acid groups (broad SMARTS) is 1. The lowest BCUT2D eigenvalue weighted by molar-refractivity contribution is -0.253. The third-order valence-corrected chi connectivity index (χ3v) is 9.36. The van der Waals surface area contributed by atoms with Crippen LogP contribution < -0.4 is 5.32 Å². The topological polar surface area (TPSA) is 108 Å². The maximum Gasteiger partial charge on any atom is 0.303 e. The Kier molecular flexibility index (Phi) is 13.0. The lowest BCUT2D eigenvalue weighted by atomic mass is 9.97. The first kappa shape index (κ1) is 36.7. The number of carboxylic acids is 1. The second-order valence-electron chi connectivity index (χ2n) is 13.3. The van der Waals surface area contributed by atoms with Gasteiger partial charge in [0.2, 0.25) is 5.91 Å². The zero-order chi connectivity index (χ0) is 36.1. The minimum absolute atomic E-state index is 0.0112. The molecule has 1 amide bonds. The number of nitrogens with zero attached hydrogens (tertiary/aromatic N) is 1. The highest BCUT2D eigenvalue weighted by atomic mass is 16.7. The summed E-state index contributed by atoms with van der Waals surface area (Å²) in [7, 11) is 0. The maximum absolute atomic E-state index is 12.4. The van der Waals surface area contributed by atoms with E-state index in [-0.39, 0.29) is 37.6 Å². The van der Waals surface area contributed by atoms with E-state index >= 15 is 0 Å². The number of carbonyl (C=O) groups is 2. The number of hydrogen-bond donors (Lipinski definition) is 3. The van der Waals surface area contributed by atoms with Gasteiger partial charge >= 0.3 is 5.97 Å². The molecule has 0 saturated carbocycles. The SMILES string of the molecule is O=C(O)CCCC(=O)NCc1ccccc1-c1ccc([C@@H]2O[C@H](CN(Cc3ccccc3)Cc3ccccc3)C[C@H](c3ccc(CO)cc3)O2)cc1. The van der Waals surface area contributed by atoms with Crippen LogP contribution in [-0.2, 0) is 45.3 Å². The molecule has 0 unspecified atom stereocenters. The first-order valence-corrected chi connectivity index (χ1v) is 17.9. The van der Waals surface area contributed by atoms with Crippen molar-refractivity contribution in [2.75, 3.05) is 6.54 Å². The molecule has 6 rings (SSSR count). The van der Waals surface area contributed by atoms with Crippen molar-refractivity contribution in [3.63, 3.8) is 0 Å². The van der Waals surface area contributed by atoms with E-state index in [1.54, 1.807) is 0 Å². The highest BCUT2D eigenvalue weighted by Crippen LogP contribution is 2.39. The van der Waals surface area contributed by atoms with Crippen LogP contribution in [0.5, 0.6) is 0 Å². The molecule has 1 aliphatic rings. The summed E-state index contributed by atoms with van der Waals surface area (Å²) in [5, 5.41) is 21.5. The summed E-state index contributed by atoms with van der Waals surface area (Å²) in [5.41, 5.74) is 8.27. The van der Waals surface area contributed by atoms with E-state index in [0.29, 0.717) is 25.9 Å². The molecular formula is C44H46N2O6. The molecule has 0 aliphatic carbocycles. The predicted molar refractivity (Wildman–Crippen MR) is 201 cm³/mol. The van der Waals surface area contributed by atoms with Gasteiger partial charge in [-0.05, 0) is 45.4 Å². The summed E-state index contributed by atoms with van der Waals surface area (Å²) in [6.45, 7) is 2.62. The molecule has 5 aromatic carbocycles. The fraction of sp³-hybridized carbons (Fsp3) is 0.273. The van der Waals surface area contributed by atoms with Crippen molar-refractivity contribution >= 4 is 11.9 Å². The fourth-order valence-corrected chi connectivity index (χ4v) is 6.65. The number of aliphatic hydroxyl groups is 1. The second-order valence-corrected chi connectivity index (χ2v) is 13.3. The Morgan fingerprint density at radius 2 is 1.31 bits per heavy atom. The van der Waals surface area contributed by atoms with Crippen LogP contribution in [0, 0.1) is 0 Å². The number of aliphatic hydroxyl groups excluding tert-OH is 1. The van der Waals surface area contributed by atoms with Crippen molar-refractivity contribution in [3.05, 3.63) is 167 Å². The zero-order valence-corrected chi connectivity index (χ0v) is 29.3. The number of carbonyl (C=O) groups excluding carboxylic acids is 1. The summed E-state index contributed by atoms with van der Waals surface area (Å²) in [6.07, 6.45) is 0.229. The van der Waals surface area contributed by atoms with Crippen LogP contribution in [0.3, 0.4) is 0 Å². The molecule has 3 N–H and O–H groups in total. The van der Waals surface area contributed by atoms with Gasteiger partial charge in [-0.2, -0.15) is 0 Å². The molecule has 8 nitrogen and oxygen atoms in total. The van der Waals surface area contributed by atoms with Crippen molar-refractivity contribution in [2.45, 2.75) is 70.4 Å². The molecule has 0 radical (unpaired) electrons. The first-order chi connectivity index (χ1) is 25.4. The normalized spacial score (nSPS) is 17.2. The van der Waals surface area contributed by atoms with Gasteiger partial charge in [0.25, 0.3) is 0 Å². The molecule has 8 heteroatoms. The lowest BCUT2D eigenvalue weighted by Gasteiger charge is -2.38. The Balaban J connectivity index is 1.21. The van der Waals surface area contributed by atoms with E-state index in [1.807, 2.05) is 72.8 Å². The van der Waals surface area contributed by atoms with Crippen molar-refractivity contribution in [1.82, 2.24) is 10.2 Å². The molecular weight excluding hydrogens is 652 g/mol. The van der Waals surface area contributed by atoms with Gasteiger partial charge in [0, 0.05) is 51.0 Å². The molecule has 268 valence electrons. The van der Waals surface area contributed by atoms with Gasteiger partial charge in [0.15, 0.2) is 6.29 Å². The minimum atomic E-state index is -0.901. The quantitative estimate of drug-likeness (QED) is 0.0960. The van der Waals surface area contributed by atoms with Crippen LogP contribution in [-0.4, -0.2) is 39.6 Å². The molecule has 52 heavy (non-hydrogen) atoms. The predicted octanol–water partition coefficient (Wildman–Crippen LogP) is 7.96. The number of rotatable bonds is 16. The minimum Gasteiger partial charge on any atom is -0.481 e. The molecule has 1 heterocycles. The number of aliphatic carboxylic acids is 1. The van der Waals surface area contributed by atoms with Crippen LogP contribution >= 0.6 is 0 Å². The van der Waals surface area contributed by atoms with Crippen LogP contribution in [0.2, 0.25) is 0 Å². The standard InChI is InChI=1S/C44H46N2O6/c47-31-34-18-20-36(21-19-34)41-26-39(30-46(28-32-10-3-1-4-11-32)29-33-12-5-2-6-13-33)51-44(52-41)37-24-22-35(23-25-37)40-15-8-7-14-38(40)27-45-42(48)16-9-17-43(49)50/h1-8,10-15,18-25,39,41,44,47H,9,16-17,26-31H2,(H,45,48)(H,49,50)/t39-,41+,44+/m0/s1. The van der Waals surface area contributed by atoms with E-state index < -0.39 is 12.3 Å². The molecule has 1 aliphatic heterocycles. The first-order valence-electron chi connectivity index (χ1n) is 17.9. The summed E-state index contributed by atoms with van der Waals surface area (Å²) in [5.74, 6) is -1.07. The third-order valence-electron chi connectivity index (χ3n) is 9.36. The van der Waals surface area contributed by atoms with Gasteiger partial charge in [-0.1, -0.05) is 133 Å². The number of benzene rings is 5. The largest absolute Gasteiger partial charge is 0.481 e. The Hall–Kier alpha value is -5.12. The van der Waals surface area contributed by atoms with Gasteiger partial charge < -0.3 is 25.0 Å². The smallest absolute Gasteiger partial charge is 0.303 e. The average molecular weight is 699 g/mol. The molecule has 1 saturated heterocycles. The highest BCUT2D eigenvalue weighted by molar-refractivity contribution is 5.77. The van der Waals surface area contributed by atoms with Crippen LogP contribution in [0.25, 0.3) is 11.1 Å². The second kappa shape index (κ2) is 18.4. The van der Waals surface area contributed by atoms with Crippen molar-refractivity contribution in [3.8, 4) is 11.1 Å². The van der Waals surface area contributed by atoms with Crippen LogP contribution in [0.1, 0.15) is 71.5 Å². The Morgan fingerprint density at radius 1 is 0.692 bits per heavy atom. The Bertz CT molecular complexity index is 1820. The van der Waals surface area contributed by atoms with Gasteiger partial charge in [-0.3, -0.25) is 14.5 Å². The molecule has 3 atom stereocenters. The fourth-order valence-electron chi connectivity index (χ4n) is 6.65. The van der Waals surface area contributed by atoms with E-state index in [4.69, 9.17) is 14.6 Å². The van der Waals surface area contributed by atoms with Gasteiger partial charge in [-0.15, -0.1) is 0 Å². The van der Waals surface area contributed by atoms with Crippen molar-refractivity contribution < 1.29 is 29.3 Å². The van der Waals surface area contributed by atoms with Crippen molar-refractivity contribution in [1.29, 1.82) is 0 Å². The van der Waals surface area contributed by atoms with E-state index in [1.165, 1.54) is 11.1 Å². The number of hydrogen-bond acceptors (Lipinski definition) is 6. The van der Waals surface area contributed by atoms with E-state index in [0.717, 1.165) is 46.5 Å². The summed E-state index contributed by atoms with van der Waals surface area (Å²) in [4.78, 5) is 25.6. The number of amides is 1. The summed E-state index contributed by atoms with van der Waals surface area (Å²) >= 11 is 0. The van der Waals surface area contributed by atoms with Gasteiger partial charge in [0.05, 0.1) is 18.8 Å². The molecule has 1 fully saturated rings. The highest BCUT2D eigenvalue weighted by Gasteiger charge is 2.33. The Labute approximate surface area is 305 Å². The zero-order valence-electron chi connectivity index (χ0n) is 29.3. The monoisotopic (exact) mass is 698 g/mol. The molecule has 0 aromatic heterocycles. The average Bonchev–Trinajstić information content (AvgIpc) is 3.18. The summed E-state index contributed by atoms with van der Waals surface area (Å²) < 4.78 is 13.4. The Morgan fingerprint density at radius 3 is 1.94 bits per heavy atom. The van der Waals surface area contributed by atoms with Gasteiger partial charge in [0.1, 0.15) is 0 Å². The van der Waals surface area contributed by atoms with E-state index in [9.17, 15) is 14.7 Å². The number of nitrogens with one attached hydrogen (secondary N) is 1. The molecule has 0 bridgehead atoms. The maximum atomic E-state index is 12.4. The lowest BCUT2D eigenvalue weighted by Crippen LogP contribution is -2.39. The molecule has 5 aromatic rings. The van der Waals surface area contributed by atoms with Crippen LogP contribution in [0.4, 0.5) is 0 Å². The van der Waals surface area contributed by atoms with E-state index in [2.05, 4.69) is 70.9 Å². The van der Waals surface area contributed by atoms with Crippen molar-refractivity contribution in [2.24, 2.45) is 0 Å². The van der Waals surface area contributed by atoms with Gasteiger partial charge in [-0.25, -0.2) is 0 Å². The summed E-state index contributed by atoms with van der Waals surface area (Å²) in [6, 6.07) is 45.1. The molecule has 0 spiro atoms.